The summed E-state index contributed by atoms with van der Waals surface area (Å²) in [7, 11) is 1.34. The van der Waals surface area contributed by atoms with E-state index in [1.54, 1.807) is 6.92 Å². The molecule has 0 radical (unpaired) electrons. The van der Waals surface area contributed by atoms with Crippen molar-refractivity contribution < 1.29 is 9.53 Å². The van der Waals surface area contributed by atoms with Gasteiger partial charge in [0.05, 0.1) is 7.11 Å². The maximum atomic E-state index is 11.5. The molecule has 0 heterocycles. The number of halogens is 1. The molecule has 4 heteroatoms. The molecule has 2 N–H and O–H groups in total. The Hall–Kier alpha value is -1.32. The van der Waals surface area contributed by atoms with Crippen LogP contribution in [0.4, 0.5) is 0 Å². The summed E-state index contributed by atoms with van der Waals surface area (Å²) in [5.41, 5.74) is 5.93. The Morgan fingerprint density at radius 3 is 2.50 bits per heavy atom. The zero-order valence-corrected chi connectivity index (χ0v) is 11.6. The number of esters is 1. The van der Waals surface area contributed by atoms with Crippen molar-refractivity contribution in [3.05, 3.63) is 40.9 Å². The van der Waals surface area contributed by atoms with Gasteiger partial charge >= 0.3 is 5.97 Å². The van der Waals surface area contributed by atoms with E-state index in [4.69, 9.17) is 17.3 Å². The summed E-state index contributed by atoms with van der Waals surface area (Å²) in [6.45, 7) is 3.54. The van der Waals surface area contributed by atoms with Crippen molar-refractivity contribution >= 4 is 23.6 Å². The third-order valence-corrected chi connectivity index (χ3v) is 3.27. The molecule has 1 aromatic rings. The smallest absolute Gasteiger partial charge is 0.326 e. The first-order valence-corrected chi connectivity index (χ1v) is 6.06. The third kappa shape index (κ3) is 3.59. The Kier molecular flexibility index (Phi) is 4.93. The van der Waals surface area contributed by atoms with Crippen LogP contribution in [0.2, 0.25) is 5.02 Å². The highest BCUT2D eigenvalue weighted by Crippen LogP contribution is 2.19. The number of rotatable bonds is 4. The minimum Gasteiger partial charge on any atom is -0.468 e. The van der Waals surface area contributed by atoms with Crippen LogP contribution in [0.25, 0.3) is 6.08 Å². The van der Waals surface area contributed by atoms with E-state index in [9.17, 15) is 4.79 Å². The van der Waals surface area contributed by atoms with Crippen molar-refractivity contribution in [3.8, 4) is 0 Å². The number of methoxy groups -OCH3 is 1. The Morgan fingerprint density at radius 2 is 2.00 bits per heavy atom. The molecule has 0 aromatic heterocycles. The molecule has 0 spiro atoms. The van der Waals surface area contributed by atoms with Gasteiger partial charge in [-0.2, -0.15) is 0 Å². The van der Waals surface area contributed by atoms with Crippen molar-refractivity contribution in [2.45, 2.75) is 19.4 Å². The number of benzene rings is 1. The molecular weight excluding hydrogens is 250 g/mol. The van der Waals surface area contributed by atoms with Gasteiger partial charge in [-0.1, -0.05) is 42.8 Å². The van der Waals surface area contributed by atoms with E-state index in [-0.39, 0.29) is 5.92 Å². The topological polar surface area (TPSA) is 52.3 Å². The quantitative estimate of drug-likeness (QED) is 0.854. The number of nitrogens with two attached hydrogens (primary N) is 1. The number of carbonyl (C=O) groups excluding carboxylic acids is 1. The lowest BCUT2D eigenvalue weighted by atomic mass is 9.87. The fourth-order valence-corrected chi connectivity index (χ4v) is 1.56. The molecule has 1 rings (SSSR count). The number of hydrogen-bond acceptors (Lipinski definition) is 3. The largest absolute Gasteiger partial charge is 0.468 e. The van der Waals surface area contributed by atoms with E-state index >= 15 is 0 Å². The van der Waals surface area contributed by atoms with E-state index in [1.807, 2.05) is 43.3 Å². The van der Waals surface area contributed by atoms with Crippen molar-refractivity contribution in [2.24, 2.45) is 11.7 Å². The third-order valence-electron chi connectivity index (χ3n) is 3.02. The molecule has 0 unspecified atom stereocenters. The van der Waals surface area contributed by atoms with Crippen LogP contribution in [-0.2, 0) is 9.53 Å². The molecule has 0 saturated carbocycles. The molecule has 2 atom stereocenters. The molecule has 0 bridgehead atoms. The fourth-order valence-electron chi connectivity index (χ4n) is 1.44. The molecule has 0 aliphatic heterocycles. The van der Waals surface area contributed by atoms with Crippen molar-refractivity contribution in [1.29, 1.82) is 0 Å². The van der Waals surface area contributed by atoms with Crippen LogP contribution < -0.4 is 5.73 Å². The average Bonchev–Trinajstić information content (AvgIpc) is 2.36. The summed E-state index contributed by atoms with van der Waals surface area (Å²) in [5.74, 6) is -0.559. The molecule has 3 nitrogen and oxygen atoms in total. The normalized spacial score (nSPS) is 16.3. The minimum absolute atomic E-state index is 0.138. The minimum atomic E-state index is -1.03. The summed E-state index contributed by atoms with van der Waals surface area (Å²) in [6, 6.07) is 7.43. The second-order valence-corrected chi connectivity index (χ2v) is 4.91. The van der Waals surface area contributed by atoms with Crippen molar-refractivity contribution in [1.82, 2.24) is 0 Å². The zero-order valence-electron chi connectivity index (χ0n) is 10.8. The molecule has 0 aliphatic rings. The highest BCUT2D eigenvalue weighted by Gasteiger charge is 2.34. The summed E-state index contributed by atoms with van der Waals surface area (Å²) in [6.07, 6.45) is 3.80. The predicted octanol–water partition coefficient (Wildman–Crippen LogP) is 2.88. The highest BCUT2D eigenvalue weighted by molar-refractivity contribution is 6.30. The number of hydrogen-bond donors (Lipinski definition) is 1. The van der Waals surface area contributed by atoms with E-state index in [0.717, 1.165) is 5.56 Å². The van der Waals surface area contributed by atoms with Gasteiger partial charge in [-0.25, -0.2) is 0 Å². The molecule has 18 heavy (non-hydrogen) atoms. The Morgan fingerprint density at radius 1 is 1.44 bits per heavy atom. The van der Waals surface area contributed by atoms with Crippen LogP contribution in [0, 0.1) is 5.92 Å². The average molecular weight is 268 g/mol. The monoisotopic (exact) mass is 267 g/mol. The Labute approximate surface area is 113 Å². The van der Waals surface area contributed by atoms with Gasteiger partial charge in [-0.05, 0) is 24.6 Å². The first-order chi connectivity index (χ1) is 8.37. The summed E-state index contributed by atoms with van der Waals surface area (Å²) >= 11 is 5.80. The number of ether oxygens (including phenoxy) is 1. The van der Waals surface area contributed by atoms with Crippen LogP contribution >= 0.6 is 11.6 Å². The summed E-state index contributed by atoms with van der Waals surface area (Å²) < 4.78 is 4.69. The molecule has 98 valence electrons. The van der Waals surface area contributed by atoms with Crippen molar-refractivity contribution in [2.75, 3.05) is 7.11 Å². The standard InChI is InChI=1S/C14H18ClNO2/c1-10(14(2,16)13(17)18-3)4-5-11-6-8-12(15)9-7-11/h4-10H,16H2,1-3H3/b5-4+/t10-,14+/m1/s1. The molecule has 0 saturated heterocycles. The zero-order chi connectivity index (χ0) is 13.8. The lowest BCUT2D eigenvalue weighted by Gasteiger charge is -2.26. The van der Waals surface area contributed by atoms with Gasteiger partial charge in [0.25, 0.3) is 0 Å². The summed E-state index contributed by atoms with van der Waals surface area (Å²) in [4.78, 5) is 11.5. The van der Waals surface area contributed by atoms with E-state index < -0.39 is 11.5 Å². The van der Waals surface area contributed by atoms with Gasteiger partial charge in [-0.15, -0.1) is 0 Å². The van der Waals surface area contributed by atoms with Crippen LogP contribution in [-0.4, -0.2) is 18.6 Å². The van der Waals surface area contributed by atoms with Crippen LogP contribution in [0.3, 0.4) is 0 Å². The lowest BCUT2D eigenvalue weighted by Crippen LogP contribution is -2.50. The molecule has 0 fully saturated rings. The lowest BCUT2D eigenvalue weighted by molar-refractivity contribution is -0.147. The first kappa shape index (κ1) is 14.7. The van der Waals surface area contributed by atoms with Crippen LogP contribution in [0.15, 0.2) is 30.3 Å². The maximum absolute atomic E-state index is 11.5. The molecular formula is C14H18ClNO2. The summed E-state index contributed by atoms with van der Waals surface area (Å²) in [5, 5.41) is 0.693. The SMILES string of the molecule is COC(=O)[C@@](C)(N)[C@H](C)/C=C/c1ccc(Cl)cc1. The van der Waals surface area contributed by atoms with E-state index in [0.29, 0.717) is 5.02 Å². The predicted molar refractivity (Wildman–Crippen MR) is 74.3 cm³/mol. The van der Waals surface area contributed by atoms with Crippen molar-refractivity contribution in [3.63, 3.8) is 0 Å². The molecule has 1 aromatic carbocycles. The molecule has 0 aliphatic carbocycles. The van der Waals surface area contributed by atoms with Gasteiger partial charge in [0.2, 0.25) is 0 Å². The van der Waals surface area contributed by atoms with Gasteiger partial charge in [-0.3, -0.25) is 4.79 Å². The Balaban J connectivity index is 2.78. The highest BCUT2D eigenvalue weighted by atomic mass is 35.5. The first-order valence-electron chi connectivity index (χ1n) is 5.69. The fraction of sp³-hybridized carbons (Fsp3) is 0.357. The van der Waals surface area contributed by atoms with E-state index in [1.165, 1.54) is 7.11 Å². The number of carbonyl (C=O) groups is 1. The van der Waals surface area contributed by atoms with Gasteiger partial charge in [0.15, 0.2) is 0 Å². The maximum Gasteiger partial charge on any atom is 0.326 e. The Bertz CT molecular complexity index is 438. The second-order valence-electron chi connectivity index (χ2n) is 4.47. The second kappa shape index (κ2) is 6.03. The van der Waals surface area contributed by atoms with Gasteiger partial charge < -0.3 is 10.5 Å². The van der Waals surface area contributed by atoms with E-state index in [2.05, 4.69) is 4.74 Å². The molecule has 0 amide bonds. The van der Waals surface area contributed by atoms with Gasteiger partial charge in [0, 0.05) is 10.9 Å². The van der Waals surface area contributed by atoms with Gasteiger partial charge in [0.1, 0.15) is 5.54 Å². The van der Waals surface area contributed by atoms with Crippen LogP contribution in [0.1, 0.15) is 19.4 Å². The van der Waals surface area contributed by atoms with Crippen LogP contribution in [0.5, 0.6) is 0 Å².